The van der Waals surface area contributed by atoms with Crippen LogP contribution >= 0.6 is 0 Å². The van der Waals surface area contributed by atoms with E-state index in [-0.39, 0.29) is 36.6 Å². The zero-order valence-electron chi connectivity index (χ0n) is 15.1. The van der Waals surface area contributed by atoms with Gasteiger partial charge in [-0.25, -0.2) is 8.42 Å². The van der Waals surface area contributed by atoms with Gasteiger partial charge in [0.1, 0.15) is 10.0 Å². The smallest absolute Gasteiger partial charge is 0.491 e. The number of rotatable bonds is 5. The molecule has 0 aromatic heterocycles. The Bertz CT molecular complexity index is 765. The molecule has 1 aromatic carbocycles. The Morgan fingerprint density at radius 1 is 1.04 bits per heavy atom. The second-order valence-corrected chi connectivity index (χ2v) is 7.29. The van der Waals surface area contributed by atoms with E-state index >= 15 is 0 Å². The Balaban J connectivity index is 0.00000338. The molecule has 2 atom stereocenters. The van der Waals surface area contributed by atoms with Crippen molar-refractivity contribution in [1.82, 2.24) is 0 Å². The Morgan fingerprint density at radius 2 is 1.50 bits per heavy atom. The van der Waals surface area contributed by atoms with Gasteiger partial charge in [0.25, 0.3) is 0 Å². The van der Waals surface area contributed by atoms with E-state index in [4.69, 9.17) is 0 Å². The average Bonchev–Trinajstić information content (AvgIpc) is 3.03. The molecule has 0 heterocycles. The van der Waals surface area contributed by atoms with Gasteiger partial charge in [-0.15, -0.1) is 0 Å². The summed E-state index contributed by atoms with van der Waals surface area (Å²) in [6.45, 7) is 1.84. The Kier molecular flexibility index (Phi) is 7.87. The van der Waals surface area contributed by atoms with Crippen LogP contribution < -0.4 is 18.9 Å². The Labute approximate surface area is 164 Å². The second kappa shape index (κ2) is 9.21. The molecule has 1 saturated carbocycles. The molecule has 0 aliphatic heterocycles. The molecule has 8 nitrogen and oxygen atoms in total. The molecule has 0 saturated heterocycles. The van der Waals surface area contributed by atoms with Gasteiger partial charge >= 0.3 is 30.8 Å². The molecule has 1 fully saturated rings. The topological polar surface area (TPSA) is 113 Å². The average molecular weight is 374 g/mol. The molecular formula is C16H19LiN2O6S. The molecule has 26 heavy (non-hydrogen) atoms. The Hall–Kier alpha value is -1.82. The monoisotopic (exact) mass is 374 g/mol. The number of benzene rings is 1. The van der Waals surface area contributed by atoms with Crippen molar-refractivity contribution in [2.24, 2.45) is 16.9 Å². The maximum absolute atomic E-state index is 12.2. The Morgan fingerprint density at radius 3 is 1.92 bits per heavy atom. The van der Waals surface area contributed by atoms with Gasteiger partial charge in [0.05, 0.1) is 31.0 Å². The largest absolute Gasteiger partial charge is 1.00 e. The number of nitrogens with zero attached hydrogens (tertiary/aromatic N) is 2. The van der Waals surface area contributed by atoms with Gasteiger partial charge < -0.3 is 19.4 Å². The van der Waals surface area contributed by atoms with Crippen molar-refractivity contribution >= 4 is 27.7 Å². The molecule has 10 heteroatoms. The van der Waals surface area contributed by atoms with Gasteiger partial charge in [-0.1, -0.05) is 17.7 Å². The first-order chi connectivity index (χ1) is 11.8. The summed E-state index contributed by atoms with van der Waals surface area (Å²) in [6, 6.07) is 6.20. The summed E-state index contributed by atoms with van der Waals surface area (Å²) in [5.74, 6) is -2.65. The molecule has 2 rings (SSSR count). The number of carbonyl (C=O) groups is 2. The number of methoxy groups -OCH3 is 2. The number of hydrogen-bond donors (Lipinski definition) is 0. The molecular weight excluding hydrogens is 355 g/mol. The van der Waals surface area contributed by atoms with Crippen LogP contribution in [0, 0.1) is 18.8 Å². The van der Waals surface area contributed by atoms with E-state index in [2.05, 4.69) is 19.4 Å². The molecule has 1 aliphatic rings. The molecule has 0 unspecified atom stereocenters. The maximum Gasteiger partial charge on any atom is 1.00 e. The van der Waals surface area contributed by atoms with Gasteiger partial charge in [0.15, 0.2) is 0 Å². The van der Waals surface area contributed by atoms with Crippen LogP contribution in [-0.2, 0) is 29.1 Å². The van der Waals surface area contributed by atoms with Gasteiger partial charge in [0.2, 0.25) is 0 Å². The summed E-state index contributed by atoms with van der Waals surface area (Å²) >= 11 is 0. The van der Waals surface area contributed by atoms with Crippen molar-refractivity contribution in [2.45, 2.75) is 24.7 Å². The van der Waals surface area contributed by atoms with E-state index < -0.39 is 33.8 Å². The van der Waals surface area contributed by atoms with E-state index in [1.165, 1.54) is 26.4 Å². The fourth-order valence-corrected chi connectivity index (χ4v) is 3.42. The van der Waals surface area contributed by atoms with Crippen molar-refractivity contribution in [3.8, 4) is 0 Å². The molecule has 0 amide bonds. The number of hydrogen-bond acceptors (Lipinski definition) is 7. The molecule has 0 spiro atoms. The number of aryl methyl sites for hydroxylation is 1. The van der Waals surface area contributed by atoms with E-state index in [0.717, 1.165) is 5.56 Å². The van der Waals surface area contributed by atoms with E-state index in [1.54, 1.807) is 12.1 Å². The second-order valence-electron chi connectivity index (χ2n) is 5.70. The van der Waals surface area contributed by atoms with Crippen LogP contribution in [0.3, 0.4) is 0 Å². The van der Waals surface area contributed by atoms with Gasteiger partial charge in [-0.05, 0) is 37.6 Å². The van der Waals surface area contributed by atoms with E-state index in [0.29, 0.717) is 5.71 Å². The van der Waals surface area contributed by atoms with Crippen LogP contribution in [0.25, 0.3) is 4.83 Å². The molecule has 0 radical (unpaired) electrons. The third-order valence-corrected chi connectivity index (χ3v) is 5.18. The van der Waals surface area contributed by atoms with Gasteiger partial charge in [0, 0.05) is 0 Å². The molecule has 1 aliphatic carbocycles. The van der Waals surface area contributed by atoms with Gasteiger partial charge in [-0.3, -0.25) is 9.59 Å². The first-order valence-electron chi connectivity index (χ1n) is 7.53. The molecule has 0 bridgehead atoms. The fraction of sp³-hybridized carbons (Fsp3) is 0.438. The minimum atomic E-state index is -3.95. The van der Waals surface area contributed by atoms with Crippen LogP contribution in [0.15, 0.2) is 34.3 Å². The summed E-state index contributed by atoms with van der Waals surface area (Å²) in [5.41, 5.74) is 1.25. The van der Waals surface area contributed by atoms with Crippen molar-refractivity contribution < 1.29 is 46.3 Å². The summed E-state index contributed by atoms with van der Waals surface area (Å²) < 4.78 is 33.7. The SMILES string of the molecule is COC(=O)[C@@H]1CC(=N[N-]S(=O)(=O)c2ccc(C)cc2)C[C@H]1C(=O)OC.[Li+]. The molecule has 0 N–H and O–H groups in total. The minimum absolute atomic E-state index is 0. The number of esters is 2. The van der Waals surface area contributed by atoms with Crippen molar-refractivity contribution in [2.75, 3.05) is 14.2 Å². The minimum Gasteiger partial charge on any atom is -0.491 e. The summed E-state index contributed by atoms with van der Waals surface area (Å²) in [5, 5.41) is 3.77. The summed E-state index contributed by atoms with van der Waals surface area (Å²) in [4.78, 5) is 27.1. The van der Waals surface area contributed by atoms with Crippen LogP contribution in [0.5, 0.6) is 0 Å². The van der Waals surface area contributed by atoms with Crippen LogP contribution in [0.1, 0.15) is 18.4 Å². The van der Waals surface area contributed by atoms with Crippen molar-refractivity contribution in [3.05, 3.63) is 34.7 Å². The third kappa shape index (κ3) is 5.10. The first-order valence-corrected chi connectivity index (χ1v) is 8.97. The summed E-state index contributed by atoms with van der Waals surface area (Å²) in [6.07, 6.45) is 0.193. The summed E-state index contributed by atoms with van der Waals surface area (Å²) in [7, 11) is -1.51. The van der Waals surface area contributed by atoms with Gasteiger partial charge in [-0.2, -0.15) is 0 Å². The first kappa shape index (κ1) is 22.2. The van der Waals surface area contributed by atoms with Crippen LogP contribution in [-0.4, -0.2) is 40.3 Å². The van der Waals surface area contributed by atoms with E-state index in [9.17, 15) is 18.0 Å². The predicted octanol–water partition coefficient (Wildman–Crippen LogP) is -1.21. The maximum atomic E-state index is 12.2. The van der Waals surface area contributed by atoms with Crippen LogP contribution in [0.2, 0.25) is 0 Å². The normalized spacial score (nSPS) is 19.3. The third-order valence-electron chi connectivity index (χ3n) is 4.01. The molecule has 136 valence electrons. The van der Waals surface area contributed by atoms with Crippen molar-refractivity contribution in [3.63, 3.8) is 0 Å². The standard InChI is InChI=1S/C16H19N2O6S.Li/c1-10-4-6-12(7-5-10)25(21,22)18-17-11-8-13(15(19)23-2)14(9-11)16(20)24-3;/h4-7,13-14H,8-9H2,1-3H3;/q-1;+1/t13-,14-;/m1./s1. The van der Waals surface area contributed by atoms with Crippen LogP contribution in [0.4, 0.5) is 0 Å². The zero-order chi connectivity index (χ0) is 18.6. The quantitative estimate of drug-likeness (QED) is 0.363. The number of sulfonamides is 1. The predicted molar refractivity (Wildman–Crippen MR) is 89.4 cm³/mol. The zero-order valence-corrected chi connectivity index (χ0v) is 15.9. The number of carbonyl (C=O) groups excluding carboxylic acids is 2. The fourth-order valence-electron chi connectivity index (χ4n) is 2.62. The molecule has 1 aromatic rings. The number of ether oxygens (including phenoxy) is 2. The van der Waals surface area contributed by atoms with Crippen molar-refractivity contribution in [1.29, 1.82) is 0 Å². The van der Waals surface area contributed by atoms with E-state index in [1.807, 2.05) is 6.92 Å².